The van der Waals surface area contributed by atoms with E-state index in [1.165, 1.54) is 22.3 Å². The Morgan fingerprint density at radius 3 is 2.45 bits per heavy atom. The first-order valence-electron chi connectivity index (χ1n) is 19.3. The van der Waals surface area contributed by atoms with Crippen molar-refractivity contribution in [2.45, 2.75) is 69.4 Å². The number of nitrogens with zero attached hydrogens (tertiary/aromatic N) is 4. The van der Waals surface area contributed by atoms with E-state index in [-0.39, 0.29) is 17.7 Å². The van der Waals surface area contributed by atoms with E-state index in [0.717, 1.165) is 82.1 Å². The number of aromatic hydroxyl groups is 1. The van der Waals surface area contributed by atoms with E-state index < -0.39 is 6.04 Å². The highest BCUT2D eigenvalue weighted by atomic mass is 16.5. The number of pyridine rings is 1. The summed E-state index contributed by atoms with van der Waals surface area (Å²) in [7, 11) is 0. The summed E-state index contributed by atoms with van der Waals surface area (Å²) in [5.41, 5.74) is 7.28. The Balaban J connectivity index is 0.774. The van der Waals surface area contributed by atoms with Crippen molar-refractivity contribution in [3.63, 3.8) is 0 Å². The van der Waals surface area contributed by atoms with Gasteiger partial charge in [-0.25, -0.2) is 4.98 Å². The molecule has 3 atom stereocenters. The second-order valence-corrected chi connectivity index (χ2v) is 15.0. The number of carbonyl (C=O) groups excluding carboxylic acids is 2. The van der Waals surface area contributed by atoms with Crippen LogP contribution >= 0.6 is 0 Å². The number of amides is 2. The maximum absolute atomic E-state index is 13.1. The Kier molecular flexibility index (Phi) is 10.2. The second-order valence-electron chi connectivity index (χ2n) is 15.0. The number of piperidine rings is 1. The number of aryl methyl sites for hydroxylation is 1. The molecule has 2 fully saturated rings. The largest absolute Gasteiger partial charge is 0.508 e. The van der Waals surface area contributed by atoms with Gasteiger partial charge in [0.05, 0.1) is 24.4 Å². The van der Waals surface area contributed by atoms with E-state index in [1.54, 1.807) is 4.90 Å². The Morgan fingerprint density at radius 1 is 0.849 bits per heavy atom. The Morgan fingerprint density at radius 2 is 1.66 bits per heavy atom. The quantitative estimate of drug-likeness (QED) is 0.166. The average Bonchev–Trinajstić information content (AvgIpc) is 3.51. The van der Waals surface area contributed by atoms with Crippen LogP contribution in [0, 0.1) is 0 Å². The third kappa shape index (κ3) is 7.53. The van der Waals surface area contributed by atoms with Gasteiger partial charge in [0.1, 0.15) is 23.4 Å². The molecule has 9 heteroatoms. The molecule has 0 bridgehead atoms. The predicted octanol–water partition coefficient (Wildman–Crippen LogP) is 6.77. The molecule has 3 aromatic carbocycles. The molecule has 8 rings (SSSR count). The fraction of sp³-hybridized carbons (Fsp3) is 0.386. The van der Waals surface area contributed by atoms with E-state index in [9.17, 15) is 14.7 Å². The van der Waals surface area contributed by atoms with Crippen LogP contribution in [0.4, 0.5) is 5.82 Å². The lowest BCUT2D eigenvalue weighted by molar-refractivity contribution is -0.126. The zero-order chi connectivity index (χ0) is 36.3. The molecular weight excluding hydrogens is 663 g/mol. The summed E-state index contributed by atoms with van der Waals surface area (Å²) in [5, 5.41) is 13.0. The van der Waals surface area contributed by atoms with Gasteiger partial charge in [-0.2, -0.15) is 0 Å². The lowest BCUT2D eigenvalue weighted by Crippen LogP contribution is -2.49. The number of allylic oxidation sites excluding steroid dienone is 1. The molecule has 1 unspecified atom stereocenters. The number of carbonyl (C=O) groups is 2. The van der Waals surface area contributed by atoms with Crippen molar-refractivity contribution in [3.05, 3.63) is 131 Å². The number of hydrogen-bond acceptors (Lipinski definition) is 7. The van der Waals surface area contributed by atoms with Crippen molar-refractivity contribution in [2.24, 2.45) is 0 Å². The number of hydrogen-bond donors (Lipinski definition) is 2. The minimum absolute atomic E-state index is 0.110. The first kappa shape index (κ1) is 34.9. The second kappa shape index (κ2) is 15.4. The maximum atomic E-state index is 13.1. The minimum atomic E-state index is -0.468. The Labute approximate surface area is 312 Å². The number of benzene rings is 3. The van der Waals surface area contributed by atoms with Crippen LogP contribution in [-0.4, -0.2) is 77.1 Å². The predicted molar refractivity (Wildman–Crippen MR) is 206 cm³/mol. The first-order valence-corrected chi connectivity index (χ1v) is 19.3. The number of piperazine rings is 1. The van der Waals surface area contributed by atoms with E-state index in [2.05, 4.69) is 82.4 Å². The fourth-order valence-corrected chi connectivity index (χ4v) is 8.73. The molecule has 0 spiro atoms. The van der Waals surface area contributed by atoms with Crippen molar-refractivity contribution in [2.75, 3.05) is 44.2 Å². The van der Waals surface area contributed by atoms with Crippen molar-refractivity contribution in [1.82, 2.24) is 20.1 Å². The highest BCUT2D eigenvalue weighted by Crippen LogP contribution is 2.47. The van der Waals surface area contributed by atoms with Gasteiger partial charge in [-0.1, -0.05) is 55.1 Å². The summed E-state index contributed by atoms with van der Waals surface area (Å²) in [6, 6.07) is 28.7. The SMILES string of the molecule is C=C1CCC(N2Cc3nc(N4CCN(CCCCCOc5ccc([C@@H]6c7ccc(O)cc7CC[C@@H]6c6ccccc6)cc5)CC4)ccc3C2=O)C(=O)N1. The molecule has 0 radical (unpaired) electrons. The van der Waals surface area contributed by atoms with Crippen molar-refractivity contribution >= 4 is 17.6 Å². The van der Waals surface area contributed by atoms with Gasteiger partial charge in [0.25, 0.3) is 5.91 Å². The van der Waals surface area contributed by atoms with E-state index in [4.69, 9.17) is 9.72 Å². The maximum Gasteiger partial charge on any atom is 0.256 e. The molecule has 0 saturated carbocycles. The third-order valence-corrected chi connectivity index (χ3v) is 11.6. The van der Waals surface area contributed by atoms with Crippen LogP contribution in [-0.2, 0) is 17.8 Å². The molecule has 9 nitrogen and oxygen atoms in total. The number of aromatic nitrogens is 1. The van der Waals surface area contributed by atoms with Gasteiger partial charge < -0.3 is 25.0 Å². The molecule has 1 aliphatic carbocycles. The van der Waals surface area contributed by atoms with Crippen LogP contribution < -0.4 is 15.0 Å². The molecule has 1 aromatic heterocycles. The minimum Gasteiger partial charge on any atom is -0.508 e. The van der Waals surface area contributed by atoms with Crippen LogP contribution in [0.15, 0.2) is 97.2 Å². The van der Waals surface area contributed by atoms with Gasteiger partial charge in [-0.05, 0) is 116 Å². The highest BCUT2D eigenvalue weighted by Gasteiger charge is 2.39. The van der Waals surface area contributed by atoms with Gasteiger partial charge in [0.2, 0.25) is 5.91 Å². The van der Waals surface area contributed by atoms with Gasteiger partial charge in [0.15, 0.2) is 0 Å². The third-order valence-electron chi connectivity index (χ3n) is 11.6. The summed E-state index contributed by atoms with van der Waals surface area (Å²) in [5.74, 6) is 2.51. The lowest BCUT2D eigenvalue weighted by Gasteiger charge is -2.35. The van der Waals surface area contributed by atoms with Crippen molar-refractivity contribution in [1.29, 1.82) is 0 Å². The van der Waals surface area contributed by atoms with Crippen LogP contribution in [0.25, 0.3) is 0 Å². The normalized spacial score (nSPS) is 21.7. The number of rotatable bonds is 11. The molecule has 2 saturated heterocycles. The topological polar surface area (TPSA) is 98.2 Å². The van der Waals surface area contributed by atoms with Crippen LogP contribution in [0.5, 0.6) is 11.5 Å². The van der Waals surface area contributed by atoms with Crippen LogP contribution in [0.1, 0.15) is 88.7 Å². The number of fused-ring (bicyclic) bond motifs is 2. The van der Waals surface area contributed by atoms with Crippen molar-refractivity contribution < 1.29 is 19.4 Å². The zero-order valence-electron chi connectivity index (χ0n) is 30.4. The standard InChI is InChI=1S/C44H49N5O4/c1-30-10-20-40(43(51)45-30)49-29-39-38(44(49)52)19-21-41(46-39)48-25-23-47(24-26-48)22-6-3-7-27-53-35-15-11-32(12-16-35)42-36(31-8-4-2-5-9-31)17-13-33-28-34(50)14-18-37(33)42/h2,4-5,8-9,11-12,14-16,18-19,21,28,36,40,42,50H,1,3,6-7,10,13,17,20,22-27,29H2,(H,45,51)/t36-,40?,42+/m1/s1. The van der Waals surface area contributed by atoms with E-state index in [0.29, 0.717) is 48.9 Å². The average molecular weight is 712 g/mol. The molecule has 3 aliphatic heterocycles. The summed E-state index contributed by atoms with van der Waals surface area (Å²) < 4.78 is 6.18. The van der Waals surface area contributed by atoms with E-state index in [1.807, 2.05) is 24.3 Å². The van der Waals surface area contributed by atoms with Gasteiger partial charge in [0, 0.05) is 37.8 Å². The first-order chi connectivity index (χ1) is 25.9. The van der Waals surface area contributed by atoms with Crippen LogP contribution in [0.2, 0.25) is 0 Å². The van der Waals surface area contributed by atoms with Gasteiger partial charge in [-0.3, -0.25) is 14.5 Å². The molecule has 2 amide bonds. The Hall–Kier alpha value is -5.15. The van der Waals surface area contributed by atoms with E-state index >= 15 is 0 Å². The number of unbranched alkanes of at least 4 members (excludes halogenated alkanes) is 2. The summed E-state index contributed by atoms with van der Waals surface area (Å²) >= 11 is 0. The van der Waals surface area contributed by atoms with Crippen LogP contribution in [0.3, 0.4) is 0 Å². The molecular formula is C44H49N5O4. The molecule has 4 heterocycles. The summed E-state index contributed by atoms with van der Waals surface area (Å²) in [6.45, 7) is 9.77. The number of phenols is 1. The zero-order valence-corrected chi connectivity index (χ0v) is 30.4. The number of phenolic OH excluding ortho intramolecular Hbond substituents is 1. The number of anilines is 1. The molecule has 4 aliphatic rings. The molecule has 274 valence electrons. The Bertz CT molecular complexity index is 1960. The lowest BCUT2D eigenvalue weighted by atomic mass is 9.69. The van der Waals surface area contributed by atoms with Gasteiger partial charge in [-0.15, -0.1) is 0 Å². The number of nitrogens with one attached hydrogen (secondary N) is 1. The summed E-state index contributed by atoms with van der Waals surface area (Å²) in [6.07, 6.45) is 6.57. The smallest absolute Gasteiger partial charge is 0.256 e. The summed E-state index contributed by atoms with van der Waals surface area (Å²) in [4.78, 5) is 37.0. The molecule has 4 aromatic rings. The number of ether oxygens (including phenoxy) is 1. The monoisotopic (exact) mass is 711 g/mol. The van der Waals surface area contributed by atoms with Gasteiger partial charge >= 0.3 is 0 Å². The molecule has 2 N–H and O–H groups in total. The molecule has 53 heavy (non-hydrogen) atoms. The van der Waals surface area contributed by atoms with Crippen molar-refractivity contribution in [3.8, 4) is 11.5 Å². The highest BCUT2D eigenvalue weighted by molar-refractivity contribution is 6.01. The fourth-order valence-electron chi connectivity index (χ4n) is 8.73.